The van der Waals surface area contributed by atoms with Crippen LogP contribution in [0.25, 0.3) is 10.9 Å². The highest BCUT2D eigenvalue weighted by atomic mass is 19.3. The van der Waals surface area contributed by atoms with E-state index in [1.54, 1.807) is 53.3 Å². The van der Waals surface area contributed by atoms with Crippen LogP contribution in [0.4, 0.5) is 18.9 Å². The van der Waals surface area contributed by atoms with Gasteiger partial charge in [-0.2, -0.15) is 13.9 Å². The van der Waals surface area contributed by atoms with Gasteiger partial charge in [-0.05, 0) is 41.5 Å². The first-order valence-corrected chi connectivity index (χ1v) is 11.5. The third kappa shape index (κ3) is 4.56. The molecule has 6 nitrogen and oxygen atoms in total. The van der Waals surface area contributed by atoms with Crippen LogP contribution in [0.2, 0.25) is 0 Å². The molecule has 2 heterocycles. The monoisotopic (exact) mass is 492 g/mol. The summed E-state index contributed by atoms with van der Waals surface area (Å²) < 4.78 is 42.6. The lowest BCUT2D eigenvalue weighted by Crippen LogP contribution is -2.46. The van der Waals surface area contributed by atoms with Gasteiger partial charge in [-0.1, -0.05) is 42.5 Å². The second-order valence-corrected chi connectivity index (χ2v) is 8.97. The summed E-state index contributed by atoms with van der Waals surface area (Å²) in [5.41, 5.74) is 2.83. The van der Waals surface area contributed by atoms with Crippen LogP contribution < -0.4 is 10.2 Å². The highest BCUT2D eigenvalue weighted by molar-refractivity contribution is 6.00. The Bertz CT molecular complexity index is 1430. The zero-order valence-electron chi connectivity index (χ0n) is 19.4. The Labute approximate surface area is 205 Å². The number of carbonyl (C=O) groups is 2. The van der Waals surface area contributed by atoms with Gasteiger partial charge in [0.1, 0.15) is 5.82 Å². The number of hydrogen-bond acceptors (Lipinski definition) is 3. The largest absolute Gasteiger partial charge is 0.345 e. The number of benzene rings is 3. The van der Waals surface area contributed by atoms with Crippen molar-refractivity contribution in [3.8, 4) is 0 Å². The molecule has 3 aromatic carbocycles. The van der Waals surface area contributed by atoms with Crippen LogP contribution in [-0.4, -0.2) is 33.6 Å². The average Bonchev–Trinajstić information content (AvgIpc) is 3.38. The van der Waals surface area contributed by atoms with Crippen LogP contribution in [0.15, 0.2) is 79.0 Å². The lowest BCUT2D eigenvalue weighted by molar-refractivity contribution is -0.143. The van der Waals surface area contributed by atoms with Gasteiger partial charge in [0.15, 0.2) is 0 Å². The molecule has 1 saturated heterocycles. The lowest BCUT2D eigenvalue weighted by Gasteiger charge is -2.29. The zero-order chi connectivity index (χ0) is 25.4. The molecule has 1 aromatic heterocycles. The molecule has 1 N–H and O–H groups in total. The third-order valence-electron chi connectivity index (χ3n) is 6.30. The van der Waals surface area contributed by atoms with Gasteiger partial charge in [-0.25, -0.2) is 4.39 Å². The minimum atomic E-state index is -3.56. The molecule has 5 rings (SSSR count). The van der Waals surface area contributed by atoms with E-state index in [0.717, 1.165) is 22.0 Å². The first kappa shape index (κ1) is 23.6. The fourth-order valence-corrected chi connectivity index (χ4v) is 4.65. The molecule has 1 fully saturated rings. The smallest absolute Gasteiger partial charge is 0.321 e. The maximum atomic E-state index is 13.6. The van der Waals surface area contributed by atoms with E-state index in [9.17, 15) is 22.8 Å². The second-order valence-electron chi connectivity index (χ2n) is 8.97. The molecule has 4 aromatic rings. The number of nitrogens with zero attached hydrogens (tertiary/aromatic N) is 3. The van der Waals surface area contributed by atoms with Gasteiger partial charge in [-0.15, -0.1) is 0 Å². The summed E-state index contributed by atoms with van der Waals surface area (Å²) in [4.78, 5) is 26.8. The molecule has 0 radical (unpaired) electrons. The highest BCUT2D eigenvalue weighted by Gasteiger charge is 2.45. The fraction of sp³-hybridized carbons (Fsp3) is 0.222. The van der Waals surface area contributed by atoms with Crippen molar-refractivity contribution in [1.29, 1.82) is 0 Å². The molecule has 1 aliphatic heterocycles. The molecule has 0 saturated carbocycles. The highest BCUT2D eigenvalue weighted by Crippen LogP contribution is 2.38. The number of nitrogens with one attached hydrogen (secondary N) is 1. The van der Waals surface area contributed by atoms with Crippen LogP contribution in [0.5, 0.6) is 0 Å². The SMILES string of the molecule is CC(F)(F)C(=O)N[C@@H]1CC(=O)N(c2ccc3c(cnn3Cc3cccc(F)c3)c2)[C@H]1c1ccccc1. The standard InChI is InChI=1S/C27H23F3N4O2/c1-27(29,30)26(36)32-22-14-24(35)34(25(22)18-7-3-2-4-8-18)21-10-11-23-19(13-21)15-31-33(23)16-17-6-5-9-20(28)12-17/h2-13,15,22,25H,14,16H2,1H3,(H,32,36)/t22-,25+/m1/s1. The van der Waals surface area contributed by atoms with E-state index >= 15 is 0 Å². The Morgan fingerprint density at radius 1 is 1.08 bits per heavy atom. The Balaban J connectivity index is 1.49. The summed E-state index contributed by atoms with van der Waals surface area (Å²) in [6.07, 6.45) is 1.55. The van der Waals surface area contributed by atoms with Crippen LogP contribution in [0, 0.1) is 5.82 Å². The van der Waals surface area contributed by atoms with Gasteiger partial charge in [0.25, 0.3) is 5.91 Å². The van der Waals surface area contributed by atoms with Crippen LogP contribution in [0.3, 0.4) is 0 Å². The summed E-state index contributed by atoms with van der Waals surface area (Å²) in [5, 5.41) is 7.55. The van der Waals surface area contributed by atoms with E-state index in [4.69, 9.17) is 0 Å². The molecule has 9 heteroatoms. The van der Waals surface area contributed by atoms with Crippen molar-refractivity contribution in [2.75, 3.05) is 4.90 Å². The van der Waals surface area contributed by atoms with E-state index in [1.807, 2.05) is 18.2 Å². The number of rotatable bonds is 6. The van der Waals surface area contributed by atoms with E-state index in [0.29, 0.717) is 19.2 Å². The Hall–Kier alpha value is -4.14. The minimum absolute atomic E-state index is 0.113. The van der Waals surface area contributed by atoms with Crippen LogP contribution in [0.1, 0.15) is 30.5 Å². The molecule has 0 aliphatic carbocycles. The summed E-state index contributed by atoms with van der Waals surface area (Å²) in [7, 11) is 0. The summed E-state index contributed by atoms with van der Waals surface area (Å²) >= 11 is 0. The molecular formula is C27H23F3N4O2. The first-order valence-electron chi connectivity index (χ1n) is 11.5. The van der Waals surface area contributed by atoms with Crippen molar-refractivity contribution >= 4 is 28.4 Å². The predicted molar refractivity (Wildman–Crippen MR) is 129 cm³/mol. The van der Waals surface area contributed by atoms with Crippen molar-refractivity contribution in [1.82, 2.24) is 15.1 Å². The number of halogens is 3. The molecule has 2 amide bonds. The van der Waals surface area contributed by atoms with Crippen molar-refractivity contribution in [3.05, 3.63) is 95.9 Å². The third-order valence-corrected chi connectivity index (χ3v) is 6.30. The van der Waals surface area contributed by atoms with Gasteiger partial charge in [-0.3, -0.25) is 14.3 Å². The summed E-state index contributed by atoms with van der Waals surface area (Å²) in [6, 6.07) is 19.2. The number of amides is 2. The maximum absolute atomic E-state index is 13.6. The Morgan fingerprint density at radius 3 is 2.58 bits per heavy atom. The van der Waals surface area contributed by atoms with E-state index in [2.05, 4.69) is 10.4 Å². The van der Waals surface area contributed by atoms with Gasteiger partial charge >= 0.3 is 5.92 Å². The van der Waals surface area contributed by atoms with E-state index in [-0.39, 0.29) is 18.1 Å². The maximum Gasteiger partial charge on any atom is 0.321 e. The normalized spacial score (nSPS) is 18.1. The number of aromatic nitrogens is 2. The number of hydrogen-bond donors (Lipinski definition) is 1. The minimum Gasteiger partial charge on any atom is -0.345 e. The van der Waals surface area contributed by atoms with Crippen LogP contribution >= 0.6 is 0 Å². The van der Waals surface area contributed by atoms with Crippen LogP contribution in [-0.2, 0) is 16.1 Å². The van der Waals surface area contributed by atoms with Gasteiger partial charge in [0.2, 0.25) is 5.91 Å². The number of fused-ring (bicyclic) bond motifs is 1. The van der Waals surface area contributed by atoms with Crippen molar-refractivity contribution in [3.63, 3.8) is 0 Å². The summed E-state index contributed by atoms with van der Waals surface area (Å²) in [6.45, 7) is 0.902. The molecule has 0 spiro atoms. The van der Waals surface area contributed by atoms with Crippen molar-refractivity contribution in [2.45, 2.75) is 37.9 Å². The predicted octanol–water partition coefficient (Wildman–Crippen LogP) is 4.84. The second kappa shape index (κ2) is 9.14. The van der Waals surface area contributed by atoms with E-state index in [1.165, 1.54) is 17.0 Å². The van der Waals surface area contributed by atoms with Gasteiger partial charge in [0, 0.05) is 24.4 Å². The quantitative estimate of drug-likeness (QED) is 0.419. The molecule has 0 bridgehead atoms. The molecule has 2 atom stereocenters. The molecule has 1 aliphatic rings. The molecule has 36 heavy (non-hydrogen) atoms. The Morgan fingerprint density at radius 2 is 1.86 bits per heavy atom. The van der Waals surface area contributed by atoms with Crippen molar-refractivity contribution in [2.24, 2.45) is 0 Å². The number of anilines is 1. The van der Waals surface area contributed by atoms with Gasteiger partial charge in [0.05, 0.1) is 30.3 Å². The number of alkyl halides is 2. The fourth-order valence-electron chi connectivity index (χ4n) is 4.65. The van der Waals surface area contributed by atoms with Crippen molar-refractivity contribution < 1.29 is 22.8 Å². The zero-order valence-corrected chi connectivity index (χ0v) is 19.4. The first-order chi connectivity index (χ1) is 17.2. The topological polar surface area (TPSA) is 67.2 Å². The Kier molecular flexibility index (Phi) is 5.99. The number of carbonyl (C=O) groups excluding carboxylic acids is 2. The average molecular weight is 493 g/mol. The van der Waals surface area contributed by atoms with E-state index < -0.39 is 23.9 Å². The molecular weight excluding hydrogens is 469 g/mol. The lowest BCUT2D eigenvalue weighted by atomic mass is 9.99. The van der Waals surface area contributed by atoms with Gasteiger partial charge < -0.3 is 10.2 Å². The molecule has 0 unspecified atom stereocenters. The summed E-state index contributed by atoms with van der Waals surface area (Å²) in [5.74, 6) is -5.60. The molecule has 184 valence electrons.